The van der Waals surface area contributed by atoms with Gasteiger partial charge in [-0.3, -0.25) is 4.79 Å². The SMILES string of the molecule is O=C1NCCN(Cc2cnc(Cl)c(F)c2)c2ccc(Br)cc21. The molecule has 1 aromatic heterocycles. The summed E-state index contributed by atoms with van der Waals surface area (Å²) in [6.07, 6.45) is 1.55. The van der Waals surface area contributed by atoms with Gasteiger partial charge in [-0.05, 0) is 29.8 Å². The van der Waals surface area contributed by atoms with Crippen molar-refractivity contribution in [3.05, 3.63) is 57.0 Å². The summed E-state index contributed by atoms with van der Waals surface area (Å²) < 4.78 is 14.4. The molecule has 0 saturated carbocycles. The van der Waals surface area contributed by atoms with Gasteiger partial charge in [-0.15, -0.1) is 0 Å². The lowest BCUT2D eigenvalue weighted by molar-refractivity contribution is 0.0958. The molecule has 2 aromatic rings. The number of fused-ring (bicyclic) bond motifs is 1. The van der Waals surface area contributed by atoms with E-state index in [0.717, 1.165) is 10.2 Å². The second kappa shape index (κ2) is 6.22. The summed E-state index contributed by atoms with van der Waals surface area (Å²) in [5, 5.41) is 2.71. The molecule has 1 aliphatic rings. The highest BCUT2D eigenvalue weighted by Crippen LogP contribution is 2.27. The molecule has 0 aliphatic carbocycles. The molecule has 7 heteroatoms. The first-order chi connectivity index (χ1) is 10.5. The Balaban J connectivity index is 1.95. The first-order valence-corrected chi connectivity index (χ1v) is 7.84. The highest BCUT2D eigenvalue weighted by atomic mass is 79.9. The van der Waals surface area contributed by atoms with Crippen LogP contribution in [-0.4, -0.2) is 24.0 Å². The van der Waals surface area contributed by atoms with Crippen LogP contribution in [0.25, 0.3) is 0 Å². The molecule has 0 atom stereocenters. The molecule has 4 nitrogen and oxygen atoms in total. The van der Waals surface area contributed by atoms with Gasteiger partial charge in [0.05, 0.1) is 5.56 Å². The highest BCUT2D eigenvalue weighted by Gasteiger charge is 2.21. The number of carbonyl (C=O) groups is 1. The molecule has 0 unspecified atom stereocenters. The van der Waals surface area contributed by atoms with Gasteiger partial charge in [0, 0.05) is 36.0 Å². The van der Waals surface area contributed by atoms with Crippen molar-refractivity contribution in [3.63, 3.8) is 0 Å². The Labute approximate surface area is 140 Å². The molecule has 1 amide bonds. The predicted octanol–water partition coefficient (Wildman–Crippen LogP) is 3.39. The third-order valence-electron chi connectivity index (χ3n) is 3.44. The Hall–Kier alpha value is -1.66. The standard InChI is InChI=1S/C15H12BrClFN3O/c16-10-1-2-13-11(6-10)15(22)19-3-4-21(13)8-9-5-12(18)14(17)20-7-9/h1-2,5-7H,3-4,8H2,(H,19,22). The van der Waals surface area contributed by atoms with Crippen LogP contribution in [0.3, 0.4) is 0 Å². The maximum Gasteiger partial charge on any atom is 0.253 e. The van der Waals surface area contributed by atoms with E-state index in [2.05, 4.69) is 26.2 Å². The van der Waals surface area contributed by atoms with Crippen LogP contribution in [0, 0.1) is 5.82 Å². The number of aromatic nitrogens is 1. The number of anilines is 1. The highest BCUT2D eigenvalue weighted by molar-refractivity contribution is 9.10. The van der Waals surface area contributed by atoms with Crippen LogP contribution in [0.5, 0.6) is 0 Å². The molecular weight excluding hydrogens is 373 g/mol. The van der Waals surface area contributed by atoms with Crippen molar-refractivity contribution in [2.75, 3.05) is 18.0 Å². The van der Waals surface area contributed by atoms with Gasteiger partial charge in [-0.2, -0.15) is 0 Å². The van der Waals surface area contributed by atoms with Gasteiger partial charge in [0.1, 0.15) is 0 Å². The van der Waals surface area contributed by atoms with Crippen molar-refractivity contribution in [2.45, 2.75) is 6.54 Å². The summed E-state index contributed by atoms with van der Waals surface area (Å²) in [5.74, 6) is -0.654. The maximum absolute atomic E-state index is 13.5. The third-order valence-corrected chi connectivity index (χ3v) is 4.21. The smallest absolute Gasteiger partial charge is 0.253 e. The Bertz CT molecular complexity index is 741. The van der Waals surface area contributed by atoms with Gasteiger partial charge in [0.25, 0.3) is 5.91 Å². The van der Waals surface area contributed by atoms with E-state index >= 15 is 0 Å². The van der Waals surface area contributed by atoms with E-state index < -0.39 is 5.82 Å². The summed E-state index contributed by atoms with van der Waals surface area (Å²) in [6, 6.07) is 6.91. The number of nitrogens with one attached hydrogen (secondary N) is 1. The lowest BCUT2D eigenvalue weighted by atomic mass is 10.1. The number of carbonyl (C=O) groups excluding carboxylic acids is 1. The molecule has 1 N–H and O–H groups in total. The van der Waals surface area contributed by atoms with Gasteiger partial charge in [0.2, 0.25) is 0 Å². The summed E-state index contributed by atoms with van der Waals surface area (Å²) >= 11 is 8.98. The van der Waals surface area contributed by atoms with E-state index in [4.69, 9.17) is 11.6 Å². The largest absolute Gasteiger partial charge is 0.365 e. The van der Waals surface area contributed by atoms with Crippen molar-refractivity contribution < 1.29 is 9.18 Å². The lowest BCUT2D eigenvalue weighted by Crippen LogP contribution is -2.29. The van der Waals surface area contributed by atoms with Crippen molar-refractivity contribution in [1.82, 2.24) is 10.3 Å². The second-order valence-corrected chi connectivity index (χ2v) is 6.23. The molecule has 0 fully saturated rings. The lowest BCUT2D eigenvalue weighted by Gasteiger charge is -2.24. The van der Waals surface area contributed by atoms with Crippen LogP contribution < -0.4 is 10.2 Å². The molecule has 3 rings (SSSR count). The molecular formula is C15H12BrClFN3O. The van der Waals surface area contributed by atoms with Gasteiger partial charge >= 0.3 is 0 Å². The molecule has 0 radical (unpaired) electrons. The zero-order chi connectivity index (χ0) is 15.7. The monoisotopic (exact) mass is 383 g/mol. The number of pyridine rings is 1. The number of rotatable bonds is 2. The minimum Gasteiger partial charge on any atom is -0.365 e. The average molecular weight is 385 g/mol. The van der Waals surface area contributed by atoms with Gasteiger partial charge in [-0.1, -0.05) is 27.5 Å². The van der Waals surface area contributed by atoms with E-state index in [-0.39, 0.29) is 11.1 Å². The quantitative estimate of drug-likeness (QED) is 0.807. The van der Waals surface area contributed by atoms with Crippen LogP contribution >= 0.6 is 27.5 Å². The maximum atomic E-state index is 13.5. The summed E-state index contributed by atoms with van der Waals surface area (Å²) in [5.41, 5.74) is 2.10. The van der Waals surface area contributed by atoms with E-state index in [1.165, 1.54) is 6.07 Å². The molecule has 2 heterocycles. The van der Waals surface area contributed by atoms with Crippen molar-refractivity contribution >= 4 is 39.1 Å². The zero-order valence-electron chi connectivity index (χ0n) is 11.4. The van der Waals surface area contributed by atoms with Crippen LogP contribution in [0.1, 0.15) is 15.9 Å². The number of benzene rings is 1. The zero-order valence-corrected chi connectivity index (χ0v) is 13.8. The Kier molecular flexibility index (Phi) is 4.31. The number of halogens is 3. The van der Waals surface area contributed by atoms with Gasteiger partial charge < -0.3 is 10.2 Å². The van der Waals surface area contributed by atoms with E-state index in [1.54, 1.807) is 12.3 Å². The fourth-order valence-corrected chi connectivity index (χ4v) is 2.88. The molecule has 114 valence electrons. The first-order valence-electron chi connectivity index (χ1n) is 6.67. The summed E-state index contributed by atoms with van der Waals surface area (Å²) in [6.45, 7) is 1.60. The summed E-state index contributed by atoms with van der Waals surface area (Å²) in [7, 11) is 0. The van der Waals surface area contributed by atoms with Crippen molar-refractivity contribution in [1.29, 1.82) is 0 Å². The van der Waals surface area contributed by atoms with E-state index in [9.17, 15) is 9.18 Å². The Morgan fingerprint density at radius 1 is 1.41 bits per heavy atom. The normalized spacial score (nSPS) is 14.3. The Morgan fingerprint density at radius 3 is 3.00 bits per heavy atom. The topological polar surface area (TPSA) is 45.2 Å². The number of amides is 1. The predicted molar refractivity (Wildman–Crippen MR) is 86.7 cm³/mol. The molecule has 0 spiro atoms. The number of hydrogen-bond donors (Lipinski definition) is 1. The van der Waals surface area contributed by atoms with Crippen molar-refractivity contribution in [3.8, 4) is 0 Å². The minimum atomic E-state index is -0.542. The molecule has 1 aliphatic heterocycles. The van der Waals surface area contributed by atoms with E-state index in [0.29, 0.717) is 30.8 Å². The van der Waals surface area contributed by atoms with Crippen LogP contribution in [-0.2, 0) is 6.54 Å². The third kappa shape index (κ3) is 3.08. The van der Waals surface area contributed by atoms with Crippen LogP contribution in [0.4, 0.5) is 10.1 Å². The number of nitrogens with zero attached hydrogens (tertiary/aromatic N) is 2. The minimum absolute atomic E-state index is 0.112. The summed E-state index contributed by atoms with van der Waals surface area (Å²) in [4.78, 5) is 18.0. The van der Waals surface area contributed by atoms with Gasteiger partial charge in [-0.25, -0.2) is 9.37 Å². The molecule has 0 bridgehead atoms. The second-order valence-electron chi connectivity index (χ2n) is 4.96. The Morgan fingerprint density at radius 2 is 2.23 bits per heavy atom. The fourth-order valence-electron chi connectivity index (χ4n) is 2.42. The first kappa shape index (κ1) is 15.2. The van der Waals surface area contributed by atoms with Crippen LogP contribution in [0.2, 0.25) is 5.15 Å². The van der Waals surface area contributed by atoms with Crippen LogP contribution in [0.15, 0.2) is 34.9 Å². The average Bonchev–Trinajstić information content (AvgIpc) is 2.63. The number of hydrogen-bond acceptors (Lipinski definition) is 3. The molecule has 1 aromatic carbocycles. The molecule has 22 heavy (non-hydrogen) atoms. The van der Waals surface area contributed by atoms with Gasteiger partial charge in [0.15, 0.2) is 11.0 Å². The van der Waals surface area contributed by atoms with E-state index in [1.807, 2.05) is 17.0 Å². The van der Waals surface area contributed by atoms with Crippen molar-refractivity contribution in [2.24, 2.45) is 0 Å². The molecule has 0 saturated heterocycles. The fraction of sp³-hybridized carbons (Fsp3) is 0.200.